The summed E-state index contributed by atoms with van der Waals surface area (Å²) in [6.45, 7) is 4.45. The van der Waals surface area contributed by atoms with Crippen LogP contribution in [0, 0.1) is 41.0 Å². The van der Waals surface area contributed by atoms with E-state index in [4.69, 9.17) is 4.74 Å². The molecule has 0 bridgehead atoms. The van der Waals surface area contributed by atoms with Crippen molar-refractivity contribution in [3.05, 3.63) is 95.6 Å². The zero-order chi connectivity index (χ0) is 28.9. The van der Waals surface area contributed by atoms with Crippen LogP contribution in [0.5, 0.6) is 5.75 Å². The highest BCUT2D eigenvalue weighted by molar-refractivity contribution is 5.74. The molecule has 0 saturated heterocycles. The van der Waals surface area contributed by atoms with Gasteiger partial charge in [-0.1, -0.05) is 81.3 Å². The zero-order valence-corrected chi connectivity index (χ0v) is 23.9. The Morgan fingerprint density at radius 1 is 0.683 bits per heavy atom. The van der Waals surface area contributed by atoms with E-state index in [0.717, 1.165) is 43.1 Å². The van der Waals surface area contributed by atoms with E-state index in [9.17, 15) is 8.78 Å². The molecular weight excluding hydrogens is 524 g/mol. The Morgan fingerprint density at radius 2 is 1.27 bits per heavy atom. The van der Waals surface area contributed by atoms with Gasteiger partial charge in [0.25, 0.3) is 0 Å². The zero-order valence-electron chi connectivity index (χ0n) is 23.9. The van der Waals surface area contributed by atoms with Gasteiger partial charge in [0, 0.05) is 16.7 Å². The van der Waals surface area contributed by atoms with Crippen LogP contribution in [0.25, 0.3) is 27.8 Å². The van der Waals surface area contributed by atoms with Crippen LogP contribution in [0.3, 0.4) is 0 Å². The molecule has 5 heteroatoms. The van der Waals surface area contributed by atoms with Crippen molar-refractivity contribution in [3.63, 3.8) is 0 Å². The fourth-order valence-corrected chi connectivity index (χ4v) is 6.37. The summed E-state index contributed by atoms with van der Waals surface area (Å²) in [6.07, 6.45) is 14.4. The minimum Gasteiger partial charge on any atom is -0.486 e. The fraction of sp³-hybridized carbons (Fsp3) is 0.389. The van der Waals surface area contributed by atoms with Crippen LogP contribution in [-0.2, 0) is 0 Å². The summed E-state index contributed by atoms with van der Waals surface area (Å²) >= 11 is 0. The number of hydrogen-bond donors (Lipinski definition) is 0. The number of benzene rings is 3. The van der Waals surface area contributed by atoms with Crippen LogP contribution in [0.2, 0.25) is 0 Å². The first-order chi connectivity index (χ1) is 19.9. The maximum Gasteiger partial charge on any atom is 0.201 e. The molecule has 0 aromatic heterocycles. The van der Waals surface area contributed by atoms with E-state index in [1.807, 2.05) is 13.0 Å². The van der Waals surface area contributed by atoms with Crippen molar-refractivity contribution < 1.29 is 22.3 Å². The Kier molecular flexibility index (Phi) is 9.32. The van der Waals surface area contributed by atoms with Gasteiger partial charge in [0.15, 0.2) is 23.2 Å². The third kappa shape index (κ3) is 6.45. The van der Waals surface area contributed by atoms with Crippen LogP contribution >= 0.6 is 0 Å². The second kappa shape index (κ2) is 13.1. The molecule has 5 rings (SSSR count). The summed E-state index contributed by atoms with van der Waals surface area (Å²) in [7, 11) is 0. The molecule has 1 nitrogen and oxygen atoms in total. The van der Waals surface area contributed by atoms with Gasteiger partial charge in [-0.3, -0.25) is 0 Å². The summed E-state index contributed by atoms with van der Waals surface area (Å²) in [6, 6.07) is 12.5. The first-order valence-corrected chi connectivity index (χ1v) is 14.9. The molecule has 1 unspecified atom stereocenters. The van der Waals surface area contributed by atoms with Gasteiger partial charge in [0.1, 0.15) is 6.61 Å². The van der Waals surface area contributed by atoms with E-state index in [0.29, 0.717) is 22.6 Å². The van der Waals surface area contributed by atoms with E-state index in [-0.39, 0.29) is 23.5 Å². The van der Waals surface area contributed by atoms with Crippen molar-refractivity contribution in [2.75, 3.05) is 6.61 Å². The van der Waals surface area contributed by atoms with E-state index in [1.54, 1.807) is 42.5 Å². The van der Waals surface area contributed by atoms with Crippen molar-refractivity contribution in [1.82, 2.24) is 0 Å². The smallest absolute Gasteiger partial charge is 0.201 e. The Bertz CT molecular complexity index is 1410. The highest BCUT2D eigenvalue weighted by Gasteiger charge is 2.28. The van der Waals surface area contributed by atoms with Crippen molar-refractivity contribution in [3.8, 4) is 28.0 Å². The molecule has 0 spiro atoms. The van der Waals surface area contributed by atoms with Gasteiger partial charge in [-0.25, -0.2) is 13.2 Å². The first-order valence-electron chi connectivity index (χ1n) is 14.9. The number of allylic oxidation sites excluding steroid dienone is 3. The minimum atomic E-state index is -1.06. The van der Waals surface area contributed by atoms with Crippen LogP contribution in [0.4, 0.5) is 17.6 Å². The average Bonchev–Trinajstić information content (AvgIpc) is 2.99. The van der Waals surface area contributed by atoms with Gasteiger partial charge in [-0.2, -0.15) is 4.39 Å². The molecule has 3 aromatic carbocycles. The maximum absolute atomic E-state index is 15.3. The molecule has 41 heavy (non-hydrogen) atoms. The van der Waals surface area contributed by atoms with E-state index < -0.39 is 23.3 Å². The van der Waals surface area contributed by atoms with Crippen LogP contribution in [-0.4, -0.2) is 6.61 Å². The number of hydrogen-bond acceptors (Lipinski definition) is 1. The molecule has 1 fully saturated rings. The highest BCUT2D eigenvalue weighted by atomic mass is 19.2. The first kappa shape index (κ1) is 29.2. The molecule has 2 aliphatic carbocycles. The van der Waals surface area contributed by atoms with Crippen molar-refractivity contribution in [2.24, 2.45) is 17.8 Å². The minimum absolute atomic E-state index is 0.0674. The number of rotatable bonds is 8. The van der Waals surface area contributed by atoms with Crippen LogP contribution in [0.15, 0.2) is 66.8 Å². The van der Waals surface area contributed by atoms with Gasteiger partial charge < -0.3 is 4.74 Å². The average molecular weight is 563 g/mol. The molecule has 2 aliphatic rings. The lowest BCUT2D eigenvalue weighted by Crippen LogP contribution is -2.22. The second-order valence-corrected chi connectivity index (χ2v) is 11.6. The number of halogens is 4. The molecule has 0 radical (unpaired) electrons. The molecule has 1 atom stereocenters. The predicted molar refractivity (Wildman–Crippen MR) is 159 cm³/mol. The molecule has 216 valence electrons. The summed E-state index contributed by atoms with van der Waals surface area (Å²) in [5.41, 5.74) is 2.31. The summed E-state index contributed by atoms with van der Waals surface area (Å²) in [4.78, 5) is 0. The van der Waals surface area contributed by atoms with E-state index in [1.165, 1.54) is 37.8 Å². The maximum atomic E-state index is 15.3. The van der Waals surface area contributed by atoms with Gasteiger partial charge in [0.2, 0.25) is 5.82 Å². The molecule has 3 aromatic rings. The molecule has 0 heterocycles. The van der Waals surface area contributed by atoms with Crippen molar-refractivity contribution >= 4 is 5.57 Å². The quantitative estimate of drug-likeness (QED) is 0.196. The lowest BCUT2D eigenvalue weighted by molar-refractivity contribution is 0.202. The summed E-state index contributed by atoms with van der Waals surface area (Å²) < 4.78 is 65.4. The van der Waals surface area contributed by atoms with E-state index in [2.05, 4.69) is 13.0 Å². The largest absolute Gasteiger partial charge is 0.486 e. The SMILES string of the molecule is CC/C=C/COc1ccc(-c2ccc(-c3ccc(C4=CCC(C5CCC(C)CC5)CC4)c(F)c3F)cc2)c(F)c1F. The van der Waals surface area contributed by atoms with Gasteiger partial charge in [-0.15, -0.1) is 0 Å². The van der Waals surface area contributed by atoms with Crippen molar-refractivity contribution in [2.45, 2.75) is 65.2 Å². The molecule has 1 saturated carbocycles. The fourth-order valence-electron chi connectivity index (χ4n) is 6.37. The highest BCUT2D eigenvalue weighted by Crippen LogP contribution is 2.42. The molecule has 0 aliphatic heterocycles. The monoisotopic (exact) mass is 562 g/mol. The summed E-state index contributed by atoms with van der Waals surface area (Å²) in [5.74, 6) is -1.75. The summed E-state index contributed by atoms with van der Waals surface area (Å²) in [5, 5.41) is 0. The molecular formula is C36H38F4O. The Labute approximate surface area is 240 Å². The standard InChI is InChI=1S/C36H38F4O/c1-3-4-5-22-41-32-21-20-31(35(39)36(32)40)28-16-14-27(15-17-28)30-19-18-29(33(37)34(30)38)26-12-10-25(11-13-26)24-8-6-23(2)7-9-24/h4-5,12,14-21,23-25H,3,6-11,13,22H2,1-2H3/b5-4+. The normalized spacial score (nSPS) is 21.2. The molecule has 0 N–H and O–H groups in total. The Hall–Kier alpha value is -3.34. The van der Waals surface area contributed by atoms with E-state index >= 15 is 8.78 Å². The lowest BCUT2D eigenvalue weighted by atomic mass is 9.71. The van der Waals surface area contributed by atoms with Gasteiger partial charge in [-0.05, 0) is 85.1 Å². The lowest BCUT2D eigenvalue weighted by Gasteiger charge is -2.34. The van der Waals surface area contributed by atoms with Gasteiger partial charge >= 0.3 is 0 Å². The predicted octanol–water partition coefficient (Wildman–Crippen LogP) is 10.9. The number of ether oxygens (including phenoxy) is 1. The third-order valence-corrected chi connectivity index (χ3v) is 8.90. The van der Waals surface area contributed by atoms with Crippen LogP contribution in [0.1, 0.15) is 70.8 Å². The Balaban J connectivity index is 1.30. The van der Waals surface area contributed by atoms with Gasteiger partial charge in [0.05, 0.1) is 0 Å². The Morgan fingerprint density at radius 3 is 1.88 bits per heavy atom. The third-order valence-electron chi connectivity index (χ3n) is 8.90. The second-order valence-electron chi connectivity index (χ2n) is 11.6. The van der Waals surface area contributed by atoms with Crippen LogP contribution < -0.4 is 4.74 Å². The topological polar surface area (TPSA) is 9.23 Å². The molecule has 0 amide bonds. The van der Waals surface area contributed by atoms with Crippen molar-refractivity contribution in [1.29, 1.82) is 0 Å².